The third-order valence-electron chi connectivity index (χ3n) is 1.81. The van der Waals surface area contributed by atoms with Crippen LogP contribution in [0.3, 0.4) is 0 Å². The van der Waals surface area contributed by atoms with E-state index in [9.17, 15) is 4.79 Å². The maximum atomic E-state index is 11.6. The SMILES string of the molecule is Cc1ccc(C(=O)OC(C)(C)C)cc1Cl.O=S(Cl)Cl. The number of carbonyl (C=O) groups is 1. The monoisotopic (exact) mass is 344 g/mol. The molecule has 0 saturated carbocycles. The molecule has 0 amide bonds. The number of rotatable bonds is 1. The Morgan fingerprint density at radius 2 is 1.74 bits per heavy atom. The molecule has 0 N–H and O–H groups in total. The second-order valence-electron chi connectivity index (χ2n) is 4.65. The standard InChI is InChI=1S/C12H15ClO2.Cl2OS/c1-8-5-6-9(7-10(8)13)11(14)15-12(2,3)4;1-4(2)3/h5-7H,1-4H3;. The number of ether oxygens (including phenoxy) is 1. The van der Waals surface area contributed by atoms with Gasteiger partial charge in [-0.3, -0.25) is 0 Å². The highest BCUT2D eigenvalue weighted by molar-refractivity contribution is 8.26. The molecule has 0 atom stereocenters. The van der Waals surface area contributed by atoms with Gasteiger partial charge >= 0.3 is 5.97 Å². The van der Waals surface area contributed by atoms with Crippen molar-refractivity contribution in [2.75, 3.05) is 0 Å². The van der Waals surface area contributed by atoms with E-state index in [1.807, 2.05) is 33.8 Å². The van der Waals surface area contributed by atoms with E-state index in [1.54, 1.807) is 12.1 Å². The molecule has 0 saturated heterocycles. The largest absolute Gasteiger partial charge is 0.456 e. The van der Waals surface area contributed by atoms with Gasteiger partial charge in [0.1, 0.15) is 5.60 Å². The van der Waals surface area contributed by atoms with Crippen molar-refractivity contribution >= 4 is 48.2 Å². The Kier molecular flexibility index (Phi) is 7.98. The molecule has 108 valence electrons. The van der Waals surface area contributed by atoms with Crippen LogP contribution in [0.1, 0.15) is 36.7 Å². The van der Waals surface area contributed by atoms with E-state index in [4.69, 9.17) is 20.5 Å². The molecule has 0 aliphatic heterocycles. The Morgan fingerprint density at radius 1 is 1.26 bits per heavy atom. The first kappa shape index (κ1) is 18.7. The number of carbonyl (C=O) groups excluding carboxylic acids is 1. The Bertz CT molecular complexity index is 466. The minimum Gasteiger partial charge on any atom is -0.456 e. The average molecular weight is 346 g/mol. The van der Waals surface area contributed by atoms with Crippen LogP contribution in [0.5, 0.6) is 0 Å². The minimum absolute atomic E-state index is 0.343. The smallest absolute Gasteiger partial charge is 0.338 e. The summed E-state index contributed by atoms with van der Waals surface area (Å²) < 4.78 is 14.3. The zero-order valence-electron chi connectivity index (χ0n) is 11.0. The van der Waals surface area contributed by atoms with Crippen LogP contribution < -0.4 is 0 Å². The molecule has 0 bridgehead atoms. The summed E-state index contributed by atoms with van der Waals surface area (Å²) in [6.07, 6.45) is 0. The fourth-order valence-electron chi connectivity index (χ4n) is 1.06. The van der Waals surface area contributed by atoms with Crippen molar-refractivity contribution in [3.63, 3.8) is 0 Å². The quantitative estimate of drug-likeness (QED) is 0.550. The Morgan fingerprint density at radius 3 is 2.11 bits per heavy atom. The van der Waals surface area contributed by atoms with Crippen LogP contribution in [0, 0.1) is 6.92 Å². The van der Waals surface area contributed by atoms with E-state index in [2.05, 4.69) is 21.4 Å². The predicted octanol–water partition coefficient (Wildman–Crippen LogP) is 4.65. The van der Waals surface area contributed by atoms with Gasteiger partial charge in [-0.15, -0.1) is 0 Å². The summed E-state index contributed by atoms with van der Waals surface area (Å²) in [7, 11) is 7.36. The Balaban J connectivity index is 0.000000711. The van der Waals surface area contributed by atoms with Gasteiger partial charge in [0, 0.05) is 26.4 Å². The van der Waals surface area contributed by atoms with Crippen molar-refractivity contribution in [2.45, 2.75) is 33.3 Å². The molecular weight excluding hydrogens is 331 g/mol. The normalized spacial score (nSPS) is 10.7. The summed E-state index contributed by atoms with van der Waals surface area (Å²) in [5.41, 5.74) is 0.957. The van der Waals surface area contributed by atoms with Crippen molar-refractivity contribution in [3.8, 4) is 0 Å². The fourth-order valence-corrected chi connectivity index (χ4v) is 1.24. The lowest BCUT2D eigenvalue weighted by Crippen LogP contribution is -2.23. The number of aryl methyl sites for hydroxylation is 1. The lowest BCUT2D eigenvalue weighted by Gasteiger charge is -2.19. The van der Waals surface area contributed by atoms with E-state index >= 15 is 0 Å². The molecular formula is C12H15Cl3O3S. The van der Waals surface area contributed by atoms with Crippen LogP contribution >= 0.6 is 33.0 Å². The molecule has 0 aliphatic carbocycles. The summed E-state index contributed by atoms with van der Waals surface area (Å²) in [4.78, 5) is 11.6. The maximum absolute atomic E-state index is 11.6. The van der Waals surface area contributed by atoms with Crippen LogP contribution in [-0.2, 0) is 14.0 Å². The highest BCUT2D eigenvalue weighted by atomic mass is 36.0. The van der Waals surface area contributed by atoms with Crippen LogP contribution in [0.2, 0.25) is 5.02 Å². The summed E-state index contributed by atoms with van der Waals surface area (Å²) in [6, 6.07) is 5.15. The van der Waals surface area contributed by atoms with E-state index in [0.717, 1.165) is 5.56 Å². The van der Waals surface area contributed by atoms with Crippen molar-refractivity contribution in [1.29, 1.82) is 0 Å². The second kappa shape index (κ2) is 8.10. The topological polar surface area (TPSA) is 43.4 Å². The number of halogens is 3. The van der Waals surface area contributed by atoms with E-state index in [1.165, 1.54) is 0 Å². The van der Waals surface area contributed by atoms with E-state index in [0.29, 0.717) is 10.6 Å². The molecule has 1 aromatic carbocycles. The third-order valence-corrected chi connectivity index (χ3v) is 2.21. The maximum Gasteiger partial charge on any atom is 0.338 e. The number of esters is 1. The number of hydrogen-bond donors (Lipinski definition) is 0. The van der Waals surface area contributed by atoms with Gasteiger partial charge in [0.2, 0.25) is 9.23 Å². The lowest BCUT2D eigenvalue weighted by atomic mass is 10.1. The molecule has 0 spiro atoms. The van der Waals surface area contributed by atoms with Gasteiger partial charge < -0.3 is 4.74 Å². The van der Waals surface area contributed by atoms with Gasteiger partial charge in [-0.25, -0.2) is 9.00 Å². The van der Waals surface area contributed by atoms with Gasteiger partial charge in [-0.05, 0) is 45.4 Å². The van der Waals surface area contributed by atoms with Crippen LogP contribution in [0.15, 0.2) is 18.2 Å². The zero-order valence-corrected chi connectivity index (χ0v) is 14.1. The third kappa shape index (κ3) is 9.27. The average Bonchev–Trinajstić information content (AvgIpc) is 2.18. The van der Waals surface area contributed by atoms with Crippen LogP contribution in [0.25, 0.3) is 0 Å². The van der Waals surface area contributed by atoms with E-state index < -0.39 is 14.8 Å². The highest BCUT2D eigenvalue weighted by Crippen LogP contribution is 2.19. The number of benzene rings is 1. The molecule has 1 rings (SSSR count). The summed E-state index contributed by atoms with van der Waals surface area (Å²) in [6.45, 7) is 7.39. The molecule has 7 heteroatoms. The summed E-state index contributed by atoms with van der Waals surface area (Å²) >= 11 is 5.92. The predicted molar refractivity (Wildman–Crippen MR) is 81.2 cm³/mol. The summed E-state index contributed by atoms with van der Waals surface area (Å²) in [5, 5.41) is 0.582. The first-order chi connectivity index (χ1) is 8.53. The Labute approximate surface area is 129 Å². The molecule has 1 aromatic rings. The molecule has 0 heterocycles. The molecule has 0 radical (unpaired) electrons. The summed E-state index contributed by atoms with van der Waals surface area (Å²) in [5.74, 6) is -0.343. The minimum atomic E-state index is -1.67. The molecule has 3 nitrogen and oxygen atoms in total. The molecule has 0 unspecified atom stereocenters. The van der Waals surface area contributed by atoms with Crippen molar-refractivity contribution < 1.29 is 13.7 Å². The van der Waals surface area contributed by atoms with Crippen molar-refractivity contribution in [3.05, 3.63) is 34.3 Å². The zero-order chi connectivity index (χ0) is 15.2. The first-order valence-electron chi connectivity index (χ1n) is 5.26. The van der Waals surface area contributed by atoms with E-state index in [-0.39, 0.29) is 5.97 Å². The van der Waals surface area contributed by atoms with Gasteiger partial charge in [-0.1, -0.05) is 17.7 Å². The highest BCUT2D eigenvalue weighted by Gasteiger charge is 2.18. The Hall–Kier alpha value is -0.290. The number of hydrogen-bond acceptors (Lipinski definition) is 3. The molecule has 0 aliphatic rings. The van der Waals surface area contributed by atoms with Gasteiger partial charge in [0.15, 0.2) is 0 Å². The van der Waals surface area contributed by atoms with Gasteiger partial charge in [0.25, 0.3) is 0 Å². The van der Waals surface area contributed by atoms with Crippen molar-refractivity contribution in [1.82, 2.24) is 0 Å². The lowest BCUT2D eigenvalue weighted by molar-refractivity contribution is 0.00695. The second-order valence-corrected chi connectivity index (χ2v) is 7.58. The first-order valence-corrected chi connectivity index (χ1v) is 8.44. The molecule has 0 aromatic heterocycles. The van der Waals surface area contributed by atoms with Gasteiger partial charge in [-0.2, -0.15) is 0 Å². The van der Waals surface area contributed by atoms with Crippen molar-refractivity contribution in [2.24, 2.45) is 0 Å². The fraction of sp³-hybridized carbons (Fsp3) is 0.417. The van der Waals surface area contributed by atoms with Gasteiger partial charge in [0.05, 0.1) is 5.56 Å². The molecule has 0 fully saturated rings. The van der Waals surface area contributed by atoms with Crippen LogP contribution in [0.4, 0.5) is 0 Å². The molecule has 19 heavy (non-hydrogen) atoms. The van der Waals surface area contributed by atoms with Crippen LogP contribution in [-0.4, -0.2) is 15.8 Å².